The lowest BCUT2D eigenvalue weighted by Crippen LogP contribution is -2.47. The van der Waals surface area contributed by atoms with Crippen molar-refractivity contribution in [1.29, 1.82) is 0 Å². The summed E-state index contributed by atoms with van der Waals surface area (Å²) in [5, 5.41) is 6.53. The number of ether oxygens (including phenoxy) is 3. The second-order valence-electron chi connectivity index (χ2n) is 13.8. The molecule has 1 aromatic heterocycles. The van der Waals surface area contributed by atoms with Gasteiger partial charge in [-0.1, -0.05) is 0 Å². The molecule has 1 aliphatic rings. The summed E-state index contributed by atoms with van der Waals surface area (Å²) in [6.45, 7) is 11.3. The van der Waals surface area contributed by atoms with Crippen LogP contribution in [-0.4, -0.2) is 96.0 Å². The van der Waals surface area contributed by atoms with Crippen molar-refractivity contribution in [2.75, 3.05) is 34.3 Å². The van der Waals surface area contributed by atoms with Crippen LogP contribution in [0.25, 0.3) is 10.9 Å². The molecule has 0 saturated carbocycles. The van der Waals surface area contributed by atoms with Crippen LogP contribution in [0.4, 0.5) is 9.59 Å². The van der Waals surface area contributed by atoms with Gasteiger partial charge in [0.15, 0.2) is 0 Å². The van der Waals surface area contributed by atoms with E-state index in [-0.39, 0.29) is 19.4 Å². The molecule has 47 heavy (non-hydrogen) atoms. The number of nitrogens with zero attached hydrogens (tertiary/aromatic N) is 3. The van der Waals surface area contributed by atoms with E-state index in [9.17, 15) is 24.0 Å². The minimum absolute atomic E-state index is 0.0883. The third-order valence-electron chi connectivity index (χ3n) is 7.11. The van der Waals surface area contributed by atoms with Crippen molar-refractivity contribution in [3.05, 3.63) is 30.0 Å². The number of methoxy groups -OCH3 is 1. The molecule has 2 heterocycles. The van der Waals surface area contributed by atoms with Crippen molar-refractivity contribution in [2.45, 2.75) is 96.9 Å². The summed E-state index contributed by atoms with van der Waals surface area (Å²) < 4.78 is 17.7. The molecule has 0 aliphatic carbocycles. The summed E-state index contributed by atoms with van der Waals surface area (Å²) in [6.07, 6.45) is 1.83. The van der Waals surface area contributed by atoms with Crippen LogP contribution in [0, 0.1) is 0 Å². The number of alkyl carbamates (subject to hydrolysis) is 2. The summed E-state index contributed by atoms with van der Waals surface area (Å²) in [5.74, 6) is -1.80. The lowest BCUT2D eigenvalue weighted by atomic mass is 10.1. The fraction of sp³-hybridized carbons (Fsp3) is 0.606. The Balaban J connectivity index is 1.75. The average Bonchev–Trinajstić information content (AvgIpc) is 3.44. The van der Waals surface area contributed by atoms with Gasteiger partial charge in [0.2, 0.25) is 0 Å². The number of benzene rings is 1. The Hall–Kier alpha value is -4.33. The first-order valence-electron chi connectivity index (χ1n) is 15.8. The fourth-order valence-electron chi connectivity index (χ4n) is 4.97. The molecule has 2 N–H and O–H groups in total. The van der Waals surface area contributed by atoms with Crippen LogP contribution in [0.5, 0.6) is 5.75 Å². The highest BCUT2D eigenvalue weighted by Crippen LogP contribution is 2.34. The maximum absolute atomic E-state index is 13.6. The smallest absolute Gasteiger partial charge is 0.408 e. The van der Waals surface area contributed by atoms with Gasteiger partial charge in [0.1, 0.15) is 29.0 Å². The molecule has 0 radical (unpaired) electrons. The van der Waals surface area contributed by atoms with Gasteiger partial charge < -0.3 is 39.1 Å². The van der Waals surface area contributed by atoms with E-state index in [1.54, 1.807) is 59.3 Å². The number of hydroxylamine groups is 2. The summed E-state index contributed by atoms with van der Waals surface area (Å²) in [4.78, 5) is 72.0. The molecule has 0 bridgehead atoms. The number of carbonyl (C=O) groups excluding carboxylic acids is 5. The largest absolute Gasteiger partial charge is 0.497 e. The number of nitrogens with one attached hydrogen (secondary N) is 2. The molecule has 14 heteroatoms. The first-order valence-corrected chi connectivity index (χ1v) is 15.8. The van der Waals surface area contributed by atoms with Gasteiger partial charge in [-0.3, -0.25) is 9.59 Å². The molecule has 0 spiro atoms. The monoisotopic (exact) mass is 659 g/mol. The zero-order valence-corrected chi connectivity index (χ0v) is 28.9. The van der Waals surface area contributed by atoms with Gasteiger partial charge in [-0.25, -0.2) is 14.4 Å². The molecule has 14 nitrogen and oxygen atoms in total. The molecule has 260 valence electrons. The minimum atomic E-state index is -1.24. The second kappa shape index (κ2) is 15.5. The Bertz CT molecular complexity index is 1450. The van der Waals surface area contributed by atoms with E-state index in [0.717, 1.165) is 17.5 Å². The van der Waals surface area contributed by atoms with Crippen LogP contribution in [0.15, 0.2) is 24.4 Å². The molecule has 2 aromatic rings. The number of aromatic nitrogens is 1. The third kappa shape index (κ3) is 10.9. The summed E-state index contributed by atoms with van der Waals surface area (Å²) >= 11 is 0. The van der Waals surface area contributed by atoms with Gasteiger partial charge in [0, 0.05) is 30.7 Å². The highest BCUT2D eigenvalue weighted by atomic mass is 16.7. The Morgan fingerprint density at radius 2 is 1.66 bits per heavy atom. The van der Waals surface area contributed by atoms with Crippen LogP contribution in [-0.2, 0) is 35.1 Å². The zero-order chi connectivity index (χ0) is 35.1. The molecule has 2 atom stereocenters. The molecule has 4 amide bonds. The van der Waals surface area contributed by atoms with Gasteiger partial charge >= 0.3 is 18.2 Å². The first kappa shape index (κ1) is 37.1. The van der Waals surface area contributed by atoms with E-state index >= 15 is 0 Å². The minimum Gasteiger partial charge on any atom is -0.497 e. The number of unbranched alkanes of at least 4 members (excludes halogenated alkanes) is 1. The quantitative estimate of drug-likeness (QED) is 0.237. The predicted molar refractivity (Wildman–Crippen MR) is 174 cm³/mol. The van der Waals surface area contributed by atoms with Crippen LogP contribution >= 0.6 is 0 Å². The highest BCUT2D eigenvalue weighted by Gasteiger charge is 2.44. The summed E-state index contributed by atoms with van der Waals surface area (Å²) in [5.41, 5.74) is 0.226. The van der Waals surface area contributed by atoms with Crippen molar-refractivity contribution >= 4 is 40.9 Å². The van der Waals surface area contributed by atoms with Gasteiger partial charge in [-0.15, -0.1) is 5.06 Å². The Morgan fingerprint density at radius 3 is 2.28 bits per heavy atom. The molecular weight excluding hydrogens is 610 g/mol. The predicted octanol–water partition coefficient (Wildman–Crippen LogP) is 4.10. The van der Waals surface area contributed by atoms with Crippen molar-refractivity contribution in [1.82, 2.24) is 25.2 Å². The van der Waals surface area contributed by atoms with E-state index in [2.05, 4.69) is 15.5 Å². The first-order chi connectivity index (χ1) is 21.9. The number of carbonyl (C=O) groups is 5. The number of imide groups is 1. The zero-order valence-electron chi connectivity index (χ0n) is 28.9. The van der Waals surface area contributed by atoms with E-state index in [1.165, 1.54) is 0 Å². The molecule has 3 rings (SSSR count). The maximum atomic E-state index is 13.6. The van der Waals surface area contributed by atoms with Crippen molar-refractivity contribution in [3.8, 4) is 5.75 Å². The van der Waals surface area contributed by atoms with Crippen LogP contribution in [0.1, 0.15) is 78.8 Å². The number of likely N-dealkylation sites (N-methyl/N-ethyl adjacent to an activating group) is 1. The lowest BCUT2D eigenvalue weighted by Gasteiger charge is -2.24. The molecule has 1 aliphatic heterocycles. The number of hydrogen-bond donors (Lipinski definition) is 2. The maximum Gasteiger partial charge on any atom is 0.408 e. The molecule has 1 saturated heterocycles. The molecular formula is C33H49N5O9. The Kier molecular flexibility index (Phi) is 12.3. The highest BCUT2D eigenvalue weighted by molar-refractivity contribution is 6.05. The number of fused-ring (bicyclic) bond motifs is 1. The standard InChI is InChI=1S/C33H49N5O9/c1-32(2,3)45-30(42)34-16-11-10-12-24(35-31(43)46-33(4,5)6)29(41)47-38-27(39)19-26(28(38)40)37-20-21(15-17-36(7)8)23-14-13-22(44-9)18-25(23)37/h13-14,18,20,24,26H,10-12,15-17,19H2,1-9H3,(H,34,42)(H,35,43)/t24-,26?/m0/s1. The van der Waals surface area contributed by atoms with Crippen molar-refractivity contribution in [2.24, 2.45) is 0 Å². The van der Waals surface area contributed by atoms with Crippen molar-refractivity contribution < 1.29 is 43.0 Å². The second-order valence-corrected chi connectivity index (χ2v) is 13.8. The van der Waals surface area contributed by atoms with Gasteiger partial charge in [0.05, 0.1) is 19.0 Å². The van der Waals surface area contributed by atoms with Gasteiger partial charge in [-0.2, -0.15) is 0 Å². The topological polar surface area (TPSA) is 158 Å². The fourth-order valence-corrected chi connectivity index (χ4v) is 4.97. The van der Waals surface area contributed by atoms with E-state index in [1.807, 2.05) is 32.4 Å². The normalized spacial score (nSPS) is 16.0. The molecule has 1 aromatic carbocycles. The van der Waals surface area contributed by atoms with E-state index < -0.39 is 53.3 Å². The average molecular weight is 660 g/mol. The summed E-state index contributed by atoms with van der Waals surface area (Å²) in [6, 6.07) is 3.38. The van der Waals surface area contributed by atoms with Crippen LogP contribution in [0.2, 0.25) is 0 Å². The number of rotatable bonds is 13. The Morgan fingerprint density at radius 1 is 1.00 bits per heavy atom. The number of hydrogen-bond acceptors (Lipinski definition) is 10. The molecule has 1 fully saturated rings. The SMILES string of the molecule is COc1ccc2c(CCN(C)C)cn(C3CC(=O)N(OC(=O)[C@H](CCCCNC(=O)OC(C)(C)C)NC(=O)OC(C)(C)C)C3=O)c2c1. The van der Waals surface area contributed by atoms with E-state index in [4.69, 9.17) is 19.0 Å². The third-order valence-corrected chi connectivity index (χ3v) is 7.11. The summed E-state index contributed by atoms with van der Waals surface area (Å²) in [7, 11) is 5.49. The molecule has 1 unspecified atom stereocenters. The van der Waals surface area contributed by atoms with E-state index in [0.29, 0.717) is 35.6 Å². The van der Waals surface area contributed by atoms with Crippen molar-refractivity contribution in [3.63, 3.8) is 0 Å². The van der Waals surface area contributed by atoms with Gasteiger partial charge in [0.25, 0.3) is 11.8 Å². The number of amides is 4. The van der Waals surface area contributed by atoms with Crippen LogP contribution in [0.3, 0.4) is 0 Å². The van der Waals surface area contributed by atoms with Crippen LogP contribution < -0.4 is 15.4 Å². The Labute approximate surface area is 275 Å². The lowest BCUT2D eigenvalue weighted by molar-refractivity contribution is -0.199. The van der Waals surface area contributed by atoms with Gasteiger partial charge in [-0.05, 0) is 99.0 Å².